The Morgan fingerprint density at radius 3 is 2.95 bits per heavy atom. The molecule has 0 saturated carbocycles. The maximum absolute atomic E-state index is 5.99. The zero-order chi connectivity index (χ0) is 13.7. The van der Waals surface area contributed by atoms with Crippen molar-refractivity contribution >= 4 is 0 Å². The molecule has 1 aliphatic rings. The van der Waals surface area contributed by atoms with Crippen molar-refractivity contribution in [3.8, 4) is 5.75 Å². The summed E-state index contributed by atoms with van der Waals surface area (Å²) in [5.74, 6) is 1.32. The number of rotatable bonds is 5. The summed E-state index contributed by atoms with van der Waals surface area (Å²) in [5, 5.41) is 0. The van der Waals surface area contributed by atoms with Gasteiger partial charge in [-0.2, -0.15) is 0 Å². The first-order valence-electron chi connectivity index (χ1n) is 7.32. The smallest absolute Gasteiger partial charge is 0.119 e. The largest absolute Gasteiger partial charge is 0.497 e. The average Bonchev–Trinajstić information content (AvgIpc) is 2.46. The van der Waals surface area contributed by atoms with E-state index in [-0.39, 0.29) is 0 Å². The van der Waals surface area contributed by atoms with Crippen molar-refractivity contribution in [1.29, 1.82) is 0 Å². The fourth-order valence-corrected chi connectivity index (χ4v) is 2.92. The van der Waals surface area contributed by atoms with Gasteiger partial charge in [-0.3, -0.25) is 0 Å². The van der Waals surface area contributed by atoms with Crippen molar-refractivity contribution in [2.24, 2.45) is 5.73 Å². The lowest BCUT2D eigenvalue weighted by molar-refractivity contribution is 0.152. The fraction of sp³-hybridized carbons (Fsp3) is 0.625. The number of nitrogens with two attached hydrogens (primary N) is 1. The van der Waals surface area contributed by atoms with Gasteiger partial charge < -0.3 is 15.4 Å². The summed E-state index contributed by atoms with van der Waals surface area (Å²) < 4.78 is 5.31. The van der Waals surface area contributed by atoms with E-state index in [2.05, 4.69) is 30.0 Å². The zero-order valence-electron chi connectivity index (χ0n) is 12.1. The van der Waals surface area contributed by atoms with Crippen molar-refractivity contribution in [3.63, 3.8) is 0 Å². The van der Waals surface area contributed by atoms with Gasteiger partial charge in [0.2, 0.25) is 0 Å². The molecule has 0 aromatic heterocycles. The molecule has 2 N–H and O–H groups in total. The minimum Gasteiger partial charge on any atom is -0.497 e. The molecule has 1 saturated heterocycles. The number of methoxy groups -OCH3 is 1. The Kier molecular flexibility index (Phi) is 5.23. The van der Waals surface area contributed by atoms with Crippen LogP contribution in [-0.2, 0) is 0 Å². The molecule has 1 aromatic rings. The molecule has 0 bridgehead atoms. The van der Waals surface area contributed by atoms with Gasteiger partial charge in [0.15, 0.2) is 0 Å². The third-order valence-corrected chi connectivity index (χ3v) is 4.25. The average molecular weight is 262 g/mol. The molecule has 19 heavy (non-hydrogen) atoms. The van der Waals surface area contributed by atoms with E-state index in [1.54, 1.807) is 7.11 Å². The lowest BCUT2D eigenvalue weighted by Crippen LogP contribution is -2.41. The van der Waals surface area contributed by atoms with Crippen molar-refractivity contribution in [1.82, 2.24) is 4.90 Å². The molecule has 0 spiro atoms. The summed E-state index contributed by atoms with van der Waals surface area (Å²) in [6.07, 6.45) is 4.00. The zero-order valence-corrected chi connectivity index (χ0v) is 12.1. The van der Waals surface area contributed by atoms with Crippen LogP contribution in [0.3, 0.4) is 0 Å². The SMILES string of the molecule is COc1cccc(C(CN)CN2CCCCC2C)c1. The minimum absolute atomic E-state index is 0.399. The molecule has 3 heteroatoms. The molecule has 1 aliphatic heterocycles. The number of ether oxygens (including phenoxy) is 1. The number of piperidine rings is 1. The standard InChI is InChI=1S/C16H26N2O/c1-13-6-3-4-9-18(13)12-15(11-17)14-7-5-8-16(10-14)19-2/h5,7-8,10,13,15H,3-4,6,9,11-12,17H2,1-2H3. The maximum atomic E-state index is 5.99. The van der Waals surface area contributed by atoms with Crippen LogP contribution in [0.25, 0.3) is 0 Å². The molecule has 1 fully saturated rings. The number of likely N-dealkylation sites (tertiary alicyclic amines) is 1. The molecule has 1 aromatic carbocycles. The fourth-order valence-electron chi connectivity index (χ4n) is 2.92. The highest BCUT2D eigenvalue weighted by molar-refractivity contribution is 5.31. The van der Waals surface area contributed by atoms with Gasteiger partial charge in [0.25, 0.3) is 0 Å². The van der Waals surface area contributed by atoms with Gasteiger partial charge >= 0.3 is 0 Å². The Bertz CT molecular complexity index is 394. The van der Waals surface area contributed by atoms with Crippen LogP contribution in [0.2, 0.25) is 0 Å². The summed E-state index contributed by atoms with van der Waals surface area (Å²) in [7, 11) is 1.71. The molecule has 2 unspecified atom stereocenters. The highest BCUT2D eigenvalue weighted by atomic mass is 16.5. The van der Waals surface area contributed by atoms with E-state index in [0.29, 0.717) is 18.5 Å². The van der Waals surface area contributed by atoms with E-state index >= 15 is 0 Å². The minimum atomic E-state index is 0.399. The van der Waals surface area contributed by atoms with Crippen LogP contribution in [0.5, 0.6) is 5.75 Å². The van der Waals surface area contributed by atoms with Gasteiger partial charge in [-0.15, -0.1) is 0 Å². The van der Waals surface area contributed by atoms with Crippen LogP contribution in [0.4, 0.5) is 0 Å². The summed E-state index contributed by atoms with van der Waals surface area (Å²) in [6, 6.07) is 9.01. The number of hydrogen-bond acceptors (Lipinski definition) is 3. The number of benzene rings is 1. The number of nitrogens with zero attached hydrogens (tertiary/aromatic N) is 1. The van der Waals surface area contributed by atoms with Crippen LogP contribution >= 0.6 is 0 Å². The topological polar surface area (TPSA) is 38.5 Å². The highest BCUT2D eigenvalue weighted by Gasteiger charge is 2.22. The van der Waals surface area contributed by atoms with E-state index in [4.69, 9.17) is 10.5 Å². The second kappa shape index (κ2) is 6.92. The van der Waals surface area contributed by atoms with Gasteiger partial charge in [0, 0.05) is 25.0 Å². The molecule has 2 atom stereocenters. The Morgan fingerprint density at radius 1 is 1.42 bits per heavy atom. The van der Waals surface area contributed by atoms with E-state index in [0.717, 1.165) is 12.3 Å². The van der Waals surface area contributed by atoms with E-state index in [9.17, 15) is 0 Å². The lowest BCUT2D eigenvalue weighted by Gasteiger charge is -2.35. The third kappa shape index (κ3) is 3.71. The second-order valence-electron chi connectivity index (χ2n) is 5.55. The molecule has 1 heterocycles. The van der Waals surface area contributed by atoms with Gasteiger partial charge in [-0.25, -0.2) is 0 Å². The predicted octanol–water partition coefficient (Wildman–Crippen LogP) is 2.61. The Balaban J connectivity index is 2.06. The Morgan fingerprint density at radius 2 is 2.26 bits per heavy atom. The third-order valence-electron chi connectivity index (χ3n) is 4.25. The van der Waals surface area contributed by atoms with Crippen molar-refractivity contribution in [2.45, 2.75) is 38.1 Å². The molecule has 0 amide bonds. The van der Waals surface area contributed by atoms with Gasteiger partial charge in [-0.05, 0) is 44.0 Å². The molecule has 2 rings (SSSR count). The summed E-state index contributed by atoms with van der Waals surface area (Å²) in [5.41, 5.74) is 7.28. The summed E-state index contributed by atoms with van der Waals surface area (Å²) >= 11 is 0. The Labute approximate surface area is 116 Å². The summed E-state index contributed by atoms with van der Waals surface area (Å²) in [4.78, 5) is 2.58. The molecular weight excluding hydrogens is 236 g/mol. The van der Waals surface area contributed by atoms with Crippen molar-refractivity contribution in [3.05, 3.63) is 29.8 Å². The van der Waals surface area contributed by atoms with Crippen LogP contribution in [-0.4, -0.2) is 37.7 Å². The van der Waals surface area contributed by atoms with E-state index in [1.165, 1.54) is 31.4 Å². The predicted molar refractivity (Wildman–Crippen MR) is 79.7 cm³/mol. The molecule has 0 aliphatic carbocycles. The van der Waals surface area contributed by atoms with Crippen LogP contribution in [0, 0.1) is 0 Å². The van der Waals surface area contributed by atoms with E-state index < -0.39 is 0 Å². The molecular formula is C16H26N2O. The molecule has 0 radical (unpaired) electrons. The Hall–Kier alpha value is -1.06. The first-order chi connectivity index (χ1) is 9.24. The first-order valence-corrected chi connectivity index (χ1v) is 7.32. The van der Waals surface area contributed by atoms with Crippen LogP contribution < -0.4 is 10.5 Å². The van der Waals surface area contributed by atoms with E-state index in [1.807, 2.05) is 6.07 Å². The van der Waals surface area contributed by atoms with Crippen molar-refractivity contribution < 1.29 is 4.74 Å². The van der Waals surface area contributed by atoms with Gasteiger partial charge in [0.1, 0.15) is 5.75 Å². The van der Waals surface area contributed by atoms with Crippen LogP contribution in [0.15, 0.2) is 24.3 Å². The number of hydrogen-bond donors (Lipinski definition) is 1. The lowest BCUT2D eigenvalue weighted by atomic mass is 9.95. The second-order valence-corrected chi connectivity index (χ2v) is 5.55. The van der Waals surface area contributed by atoms with Gasteiger partial charge in [0.05, 0.1) is 7.11 Å². The first kappa shape index (κ1) is 14.4. The molecule has 106 valence electrons. The van der Waals surface area contributed by atoms with Crippen molar-refractivity contribution in [2.75, 3.05) is 26.7 Å². The van der Waals surface area contributed by atoms with Crippen LogP contribution in [0.1, 0.15) is 37.7 Å². The quantitative estimate of drug-likeness (QED) is 0.886. The highest BCUT2D eigenvalue weighted by Crippen LogP contribution is 2.24. The van der Waals surface area contributed by atoms with Gasteiger partial charge in [-0.1, -0.05) is 18.6 Å². The summed E-state index contributed by atoms with van der Waals surface area (Å²) in [6.45, 7) is 5.29. The monoisotopic (exact) mass is 262 g/mol. The maximum Gasteiger partial charge on any atom is 0.119 e. The molecule has 3 nitrogen and oxygen atoms in total. The normalized spacial score (nSPS) is 22.2.